The van der Waals surface area contributed by atoms with Crippen molar-refractivity contribution in [2.75, 3.05) is 38.2 Å². The predicted octanol–water partition coefficient (Wildman–Crippen LogP) is 2.85. The molecule has 1 aromatic heterocycles. The minimum absolute atomic E-state index is 0.316. The Bertz CT molecular complexity index is 637. The molecule has 1 aromatic carbocycles. The number of hydrogen-bond acceptors (Lipinski definition) is 5. The molecule has 7 heteroatoms. The number of likely N-dealkylation sites (N-methyl/N-ethyl adjacent to an activating group) is 1. The summed E-state index contributed by atoms with van der Waals surface area (Å²) in [5, 5.41) is 2.55. The monoisotopic (exact) mass is 320 g/mol. The Balaban J connectivity index is 1.97. The fourth-order valence-corrected chi connectivity index (χ4v) is 2.23. The Morgan fingerprint density at radius 2 is 2.09 bits per heavy atom. The van der Waals surface area contributed by atoms with Gasteiger partial charge in [0.25, 0.3) is 0 Å². The van der Waals surface area contributed by atoms with Crippen molar-refractivity contribution in [3.63, 3.8) is 0 Å². The number of carbonyl (C=O) groups is 1. The number of hydrogen-bond donors (Lipinski definition) is 2. The van der Waals surface area contributed by atoms with Gasteiger partial charge in [-0.3, -0.25) is 5.32 Å². The Morgan fingerprint density at radius 1 is 1.30 bits per heavy atom. The first kappa shape index (κ1) is 17.1. The van der Waals surface area contributed by atoms with Gasteiger partial charge in [-0.2, -0.15) is 0 Å². The zero-order chi connectivity index (χ0) is 16.7. The van der Waals surface area contributed by atoms with Gasteiger partial charge in [0.15, 0.2) is 0 Å². The lowest BCUT2D eigenvalue weighted by Crippen LogP contribution is -2.27. The summed E-state index contributed by atoms with van der Waals surface area (Å²) < 4.78 is 10.6. The van der Waals surface area contributed by atoms with Gasteiger partial charge in [0.05, 0.1) is 17.6 Å². The van der Waals surface area contributed by atoms with Crippen molar-refractivity contribution < 1.29 is 14.3 Å². The summed E-state index contributed by atoms with van der Waals surface area (Å²) in [7, 11) is 0. The van der Waals surface area contributed by atoms with Gasteiger partial charge in [0.1, 0.15) is 12.4 Å². The van der Waals surface area contributed by atoms with Crippen molar-refractivity contribution in [2.45, 2.75) is 20.8 Å². The molecule has 2 aromatic rings. The number of H-pyrrole nitrogens is 1. The molecule has 0 aliphatic rings. The lowest BCUT2D eigenvalue weighted by atomic mass is 10.3. The topological polar surface area (TPSA) is 79.5 Å². The van der Waals surface area contributed by atoms with E-state index in [4.69, 9.17) is 9.47 Å². The highest BCUT2D eigenvalue weighted by Crippen LogP contribution is 2.20. The second-order valence-corrected chi connectivity index (χ2v) is 4.99. The lowest BCUT2D eigenvalue weighted by Gasteiger charge is -2.17. The number of aromatic amines is 1. The summed E-state index contributed by atoms with van der Waals surface area (Å²) in [5.74, 6) is 1.13. The molecule has 0 spiro atoms. The molecule has 0 radical (unpaired) electrons. The van der Waals surface area contributed by atoms with E-state index in [2.05, 4.69) is 34.0 Å². The normalized spacial score (nSPS) is 11.0. The van der Waals surface area contributed by atoms with Crippen molar-refractivity contribution in [3.8, 4) is 5.75 Å². The summed E-state index contributed by atoms with van der Waals surface area (Å²) in [5.41, 5.74) is 1.56. The van der Waals surface area contributed by atoms with Gasteiger partial charge < -0.3 is 19.4 Å². The zero-order valence-electron chi connectivity index (χ0n) is 13.9. The summed E-state index contributed by atoms with van der Waals surface area (Å²) in [6, 6.07) is 5.61. The average molecular weight is 320 g/mol. The van der Waals surface area contributed by atoms with Crippen LogP contribution in [0.3, 0.4) is 0 Å². The van der Waals surface area contributed by atoms with Crippen molar-refractivity contribution in [3.05, 3.63) is 18.2 Å². The number of ether oxygens (including phenoxy) is 2. The van der Waals surface area contributed by atoms with E-state index < -0.39 is 6.09 Å². The quantitative estimate of drug-likeness (QED) is 0.782. The molecule has 23 heavy (non-hydrogen) atoms. The summed E-state index contributed by atoms with van der Waals surface area (Å²) >= 11 is 0. The van der Waals surface area contributed by atoms with Crippen LogP contribution in [0.2, 0.25) is 0 Å². The number of benzene rings is 1. The van der Waals surface area contributed by atoms with Gasteiger partial charge in [0.2, 0.25) is 5.95 Å². The second-order valence-electron chi connectivity index (χ2n) is 4.99. The SMILES string of the molecule is CCOC(=O)Nc1nc2ccc(OCCN(CC)CC)cc2[nH]1. The zero-order valence-corrected chi connectivity index (χ0v) is 13.9. The Labute approximate surface area is 136 Å². The summed E-state index contributed by atoms with van der Waals surface area (Å²) in [6.45, 7) is 9.90. The number of fused-ring (bicyclic) bond motifs is 1. The van der Waals surface area contributed by atoms with Gasteiger partial charge in [-0.1, -0.05) is 13.8 Å². The molecule has 0 bridgehead atoms. The second kappa shape index (κ2) is 8.38. The standard InChI is InChI=1S/C16H24N4O3/c1-4-20(5-2)9-10-23-12-7-8-13-14(11-12)18-15(17-13)19-16(21)22-6-3/h7-8,11H,4-6,9-10H2,1-3H3,(H2,17,18,19,21). The molecular weight excluding hydrogens is 296 g/mol. The fourth-order valence-electron chi connectivity index (χ4n) is 2.23. The molecule has 0 aliphatic heterocycles. The van der Waals surface area contributed by atoms with Gasteiger partial charge in [-0.25, -0.2) is 9.78 Å². The summed E-state index contributed by atoms with van der Waals surface area (Å²) in [4.78, 5) is 21.0. The number of imidazole rings is 1. The van der Waals surface area contributed by atoms with Crippen LogP contribution in [0.5, 0.6) is 5.75 Å². The van der Waals surface area contributed by atoms with E-state index >= 15 is 0 Å². The third-order valence-electron chi connectivity index (χ3n) is 3.52. The lowest BCUT2D eigenvalue weighted by molar-refractivity contribution is 0.167. The third-order valence-corrected chi connectivity index (χ3v) is 3.52. The molecular formula is C16H24N4O3. The van der Waals surface area contributed by atoms with Gasteiger partial charge in [-0.15, -0.1) is 0 Å². The number of amides is 1. The van der Waals surface area contributed by atoms with Gasteiger partial charge >= 0.3 is 6.09 Å². The first-order valence-corrected chi connectivity index (χ1v) is 7.94. The van der Waals surface area contributed by atoms with E-state index in [0.29, 0.717) is 19.2 Å². The smallest absolute Gasteiger partial charge is 0.413 e. The van der Waals surface area contributed by atoms with E-state index in [1.54, 1.807) is 6.92 Å². The fraction of sp³-hybridized carbons (Fsp3) is 0.500. The van der Waals surface area contributed by atoms with Crippen LogP contribution in [-0.4, -0.2) is 53.8 Å². The molecule has 0 saturated carbocycles. The van der Waals surface area contributed by atoms with Gasteiger partial charge in [0, 0.05) is 12.6 Å². The van der Waals surface area contributed by atoms with Crippen LogP contribution < -0.4 is 10.1 Å². The van der Waals surface area contributed by atoms with E-state index in [1.165, 1.54) is 0 Å². The molecule has 2 rings (SSSR count). The molecule has 126 valence electrons. The van der Waals surface area contributed by atoms with Crippen molar-refractivity contribution in [2.24, 2.45) is 0 Å². The molecule has 2 N–H and O–H groups in total. The number of nitrogens with one attached hydrogen (secondary N) is 2. The number of carbonyl (C=O) groups excluding carboxylic acids is 1. The summed E-state index contributed by atoms with van der Waals surface area (Å²) in [6.07, 6.45) is -0.526. The van der Waals surface area contributed by atoms with Crippen molar-refractivity contribution >= 4 is 23.1 Å². The molecule has 7 nitrogen and oxygen atoms in total. The molecule has 0 aliphatic carbocycles. The highest BCUT2D eigenvalue weighted by atomic mass is 16.5. The maximum absolute atomic E-state index is 11.4. The molecule has 1 amide bonds. The van der Waals surface area contributed by atoms with Crippen molar-refractivity contribution in [1.29, 1.82) is 0 Å². The Kier molecular flexibility index (Phi) is 6.22. The van der Waals surface area contributed by atoms with Crippen LogP contribution in [0.4, 0.5) is 10.7 Å². The first-order valence-electron chi connectivity index (χ1n) is 7.94. The number of nitrogens with zero attached hydrogens (tertiary/aromatic N) is 2. The maximum atomic E-state index is 11.4. The molecule has 0 atom stereocenters. The molecule has 0 unspecified atom stereocenters. The Hall–Kier alpha value is -2.28. The molecule has 0 fully saturated rings. The van der Waals surface area contributed by atoms with Crippen LogP contribution in [0, 0.1) is 0 Å². The van der Waals surface area contributed by atoms with Crippen LogP contribution in [-0.2, 0) is 4.74 Å². The Morgan fingerprint density at radius 3 is 2.78 bits per heavy atom. The molecule has 1 heterocycles. The minimum Gasteiger partial charge on any atom is -0.492 e. The highest BCUT2D eigenvalue weighted by molar-refractivity contribution is 5.86. The number of rotatable bonds is 8. The van der Waals surface area contributed by atoms with E-state index in [0.717, 1.165) is 36.4 Å². The first-order chi connectivity index (χ1) is 11.2. The van der Waals surface area contributed by atoms with E-state index in [1.807, 2.05) is 18.2 Å². The van der Waals surface area contributed by atoms with Crippen LogP contribution in [0.1, 0.15) is 20.8 Å². The van der Waals surface area contributed by atoms with Gasteiger partial charge in [-0.05, 0) is 32.1 Å². The van der Waals surface area contributed by atoms with E-state index in [9.17, 15) is 4.79 Å². The van der Waals surface area contributed by atoms with Crippen LogP contribution in [0.15, 0.2) is 18.2 Å². The van der Waals surface area contributed by atoms with Crippen LogP contribution >= 0.6 is 0 Å². The largest absolute Gasteiger partial charge is 0.492 e. The minimum atomic E-state index is -0.526. The predicted molar refractivity (Wildman–Crippen MR) is 90.0 cm³/mol. The number of anilines is 1. The van der Waals surface area contributed by atoms with E-state index in [-0.39, 0.29) is 0 Å². The number of aromatic nitrogens is 2. The van der Waals surface area contributed by atoms with Crippen LogP contribution in [0.25, 0.3) is 11.0 Å². The average Bonchev–Trinajstić information content (AvgIpc) is 2.93. The van der Waals surface area contributed by atoms with Crippen molar-refractivity contribution in [1.82, 2.24) is 14.9 Å². The third kappa shape index (κ3) is 4.85. The maximum Gasteiger partial charge on any atom is 0.413 e. The highest BCUT2D eigenvalue weighted by Gasteiger charge is 2.08. The molecule has 0 saturated heterocycles.